The average Bonchev–Trinajstić information content (AvgIpc) is 2.47. The largest absolute Gasteiger partial charge is 0.341 e. The average molecular weight is 308 g/mol. The molecule has 2 rings (SSSR count). The van der Waals surface area contributed by atoms with Crippen LogP contribution >= 0.6 is 0 Å². The molecule has 2 N–H and O–H groups in total. The molecule has 1 aliphatic carbocycles. The van der Waals surface area contributed by atoms with Crippen LogP contribution in [0.1, 0.15) is 31.2 Å². The molecule has 1 fully saturated rings. The molecule has 5 heteroatoms. The van der Waals surface area contributed by atoms with Gasteiger partial charge in [0.05, 0.1) is 0 Å². The maximum Gasteiger partial charge on any atom is 0.225 e. The Morgan fingerprint density at radius 2 is 2.00 bits per heavy atom. The van der Waals surface area contributed by atoms with Gasteiger partial charge < -0.3 is 10.6 Å². The fourth-order valence-corrected chi connectivity index (χ4v) is 3.42. The summed E-state index contributed by atoms with van der Waals surface area (Å²) in [4.78, 5) is 15.0. The second kappa shape index (κ2) is 7.18. The van der Waals surface area contributed by atoms with Gasteiger partial charge in [0.25, 0.3) is 0 Å². The number of benzene rings is 1. The summed E-state index contributed by atoms with van der Waals surface area (Å²) in [6.45, 7) is 0.585. The van der Waals surface area contributed by atoms with Crippen LogP contribution in [0.3, 0.4) is 0 Å². The van der Waals surface area contributed by atoms with Crippen LogP contribution in [0.15, 0.2) is 29.2 Å². The van der Waals surface area contributed by atoms with Gasteiger partial charge in [0.1, 0.15) is 0 Å². The highest BCUT2D eigenvalue weighted by atomic mass is 32.2. The van der Waals surface area contributed by atoms with Crippen LogP contribution in [0.5, 0.6) is 0 Å². The van der Waals surface area contributed by atoms with Gasteiger partial charge in [-0.3, -0.25) is 9.00 Å². The van der Waals surface area contributed by atoms with Crippen molar-refractivity contribution in [3.8, 4) is 0 Å². The highest BCUT2D eigenvalue weighted by Gasteiger charge is 2.27. The molecule has 0 aromatic heterocycles. The van der Waals surface area contributed by atoms with Crippen LogP contribution in [-0.4, -0.2) is 34.4 Å². The van der Waals surface area contributed by atoms with Gasteiger partial charge in [0.15, 0.2) is 0 Å². The van der Waals surface area contributed by atoms with E-state index in [1.165, 1.54) is 0 Å². The first-order valence-electron chi connectivity index (χ1n) is 7.40. The van der Waals surface area contributed by atoms with Crippen molar-refractivity contribution in [1.29, 1.82) is 0 Å². The Kier molecular flexibility index (Phi) is 5.53. The molecular weight excluding hydrogens is 284 g/mol. The second-order valence-electron chi connectivity index (χ2n) is 5.92. The molecule has 0 radical (unpaired) electrons. The molecule has 1 aromatic rings. The highest BCUT2D eigenvalue weighted by Crippen LogP contribution is 2.25. The minimum Gasteiger partial charge on any atom is -0.341 e. The first-order chi connectivity index (χ1) is 9.97. The molecule has 3 unspecified atom stereocenters. The molecule has 116 valence electrons. The normalized spacial score (nSPS) is 23.6. The lowest BCUT2D eigenvalue weighted by Gasteiger charge is -2.29. The number of hydrogen-bond acceptors (Lipinski definition) is 3. The number of hydrogen-bond donors (Lipinski definition) is 1. The van der Waals surface area contributed by atoms with Crippen LogP contribution in [0, 0.1) is 5.92 Å². The van der Waals surface area contributed by atoms with E-state index in [1.807, 2.05) is 31.3 Å². The molecule has 1 aromatic carbocycles. The van der Waals surface area contributed by atoms with Crippen LogP contribution in [0.4, 0.5) is 0 Å². The molecule has 1 saturated carbocycles. The fraction of sp³-hybridized carbons (Fsp3) is 0.562. The first kappa shape index (κ1) is 16.2. The summed E-state index contributed by atoms with van der Waals surface area (Å²) in [5.74, 6) is 0.259. The van der Waals surface area contributed by atoms with E-state index in [1.54, 1.807) is 11.2 Å². The van der Waals surface area contributed by atoms with E-state index in [9.17, 15) is 9.00 Å². The van der Waals surface area contributed by atoms with E-state index in [4.69, 9.17) is 5.73 Å². The molecule has 0 saturated heterocycles. The van der Waals surface area contributed by atoms with Gasteiger partial charge >= 0.3 is 0 Å². The monoisotopic (exact) mass is 308 g/mol. The smallest absolute Gasteiger partial charge is 0.225 e. The SMILES string of the molecule is CN(Cc1ccc(S(C)=O)cc1)C(=O)C1CCCC(N)C1. The van der Waals surface area contributed by atoms with Crippen molar-refractivity contribution < 1.29 is 9.00 Å². The molecule has 21 heavy (non-hydrogen) atoms. The quantitative estimate of drug-likeness (QED) is 0.924. The Bertz CT molecular complexity index is 516. The third-order valence-electron chi connectivity index (χ3n) is 4.12. The summed E-state index contributed by atoms with van der Waals surface area (Å²) in [5, 5.41) is 0. The maximum atomic E-state index is 12.4. The number of rotatable bonds is 4. The zero-order chi connectivity index (χ0) is 15.4. The number of carbonyl (C=O) groups is 1. The van der Waals surface area contributed by atoms with Gasteiger partial charge in [-0.25, -0.2) is 0 Å². The zero-order valence-corrected chi connectivity index (χ0v) is 13.6. The lowest BCUT2D eigenvalue weighted by atomic mass is 9.85. The summed E-state index contributed by atoms with van der Waals surface area (Å²) >= 11 is 0. The van der Waals surface area contributed by atoms with Crippen molar-refractivity contribution >= 4 is 16.7 Å². The Morgan fingerprint density at radius 1 is 1.33 bits per heavy atom. The number of nitrogens with zero attached hydrogens (tertiary/aromatic N) is 1. The predicted octanol–water partition coefficient (Wildman–Crippen LogP) is 1.90. The fourth-order valence-electron chi connectivity index (χ4n) is 2.90. The van der Waals surface area contributed by atoms with Crippen molar-refractivity contribution in [3.05, 3.63) is 29.8 Å². The van der Waals surface area contributed by atoms with Gasteiger partial charge in [-0.2, -0.15) is 0 Å². The predicted molar refractivity (Wildman–Crippen MR) is 85.2 cm³/mol. The third kappa shape index (κ3) is 4.38. The Labute approximate surface area is 129 Å². The number of amides is 1. The van der Waals surface area contributed by atoms with Gasteiger partial charge in [0, 0.05) is 47.5 Å². The number of carbonyl (C=O) groups excluding carboxylic acids is 1. The van der Waals surface area contributed by atoms with Crippen LogP contribution in [0.25, 0.3) is 0 Å². The summed E-state index contributed by atoms with van der Waals surface area (Å²) in [6, 6.07) is 7.76. The van der Waals surface area contributed by atoms with Gasteiger partial charge in [-0.1, -0.05) is 18.6 Å². The molecule has 3 atom stereocenters. The Morgan fingerprint density at radius 3 is 2.57 bits per heavy atom. The van der Waals surface area contributed by atoms with E-state index < -0.39 is 10.8 Å². The third-order valence-corrected chi connectivity index (χ3v) is 5.05. The lowest BCUT2D eigenvalue weighted by Crippen LogP contribution is -2.38. The van der Waals surface area contributed by atoms with E-state index in [0.717, 1.165) is 36.1 Å². The molecule has 4 nitrogen and oxygen atoms in total. The maximum absolute atomic E-state index is 12.4. The molecule has 1 aliphatic rings. The summed E-state index contributed by atoms with van der Waals surface area (Å²) in [6.07, 6.45) is 5.49. The lowest BCUT2D eigenvalue weighted by molar-refractivity contribution is -0.135. The van der Waals surface area contributed by atoms with Crippen LogP contribution in [-0.2, 0) is 22.1 Å². The molecule has 1 amide bonds. The topological polar surface area (TPSA) is 63.4 Å². The second-order valence-corrected chi connectivity index (χ2v) is 7.30. The molecule has 0 heterocycles. The van der Waals surface area contributed by atoms with Crippen molar-refractivity contribution in [2.45, 2.75) is 43.2 Å². The van der Waals surface area contributed by atoms with E-state index >= 15 is 0 Å². The number of nitrogens with two attached hydrogens (primary N) is 1. The summed E-state index contributed by atoms with van der Waals surface area (Å²) in [5.41, 5.74) is 7.02. The van der Waals surface area contributed by atoms with Crippen molar-refractivity contribution in [2.75, 3.05) is 13.3 Å². The van der Waals surface area contributed by atoms with Gasteiger partial charge in [0.2, 0.25) is 5.91 Å². The van der Waals surface area contributed by atoms with E-state index in [2.05, 4.69) is 0 Å². The first-order valence-corrected chi connectivity index (χ1v) is 8.96. The Balaban J connectivity index is 1.95. The van der Waals surface area contributed by atoms with Gasteiger partial charge in [-0.15, -0.1) is 0 Å². The van der Waals surface area contributed by atoms with Crippen LogP contribution in [0.2, 0.25) is 0 Å². The van der Waals surface area contributed by atoms with E-state index in [-0.39, 0.29) is 17.9 Å². The van der Waals surface area contributed by atoms with Crippen LogP contribution < -0.4 is 5.73 Å². The Hall–Kier alpha value is -1.20. The molecule has 0 bridgehead atoms. The van der Waals surface area contributed by atoms with E-state index in [0.29, 0.717) is 6.54 Å². The van der Waals surface area contributed by atoms with Crippen molar-refractivity contribution in [2.24, 2.45) is 11.7 Å². The molecular formula is C16H24N2O2S. The zero-order valence-electron chi connectivity index (χ0n) is 12.7. The summed E-state index contributed by atoms with van der Waals surface area (Å²) in [7, 11) is 0.881. The summed E-state index contributed by atoms with van der Waals surface area (Å²) < 4.78 is 11.4. The van der Waals surface area contributed by atoms with Crippen molar-refractivity contribution in [1.82, 2.24) is 4.90 Å². The highest BCUT2D eigenvalue weighted by molar-refractivity contribution is 7.84. The standard InChI is InChI=1S/C16H24N2O2S/c1-18(16(19)13-4-3-5-14(17)10-13)11-12-6-8-15(9-7-12)21(2)20/h6-9,13-14H,3-5,10-11,17H2,1-2H3. The minimum atomic E-state index is -0.961. The molecule has 0 aliphatic heterocycles. The van der Waals surface area contributed by atoms with Gasteiger partial charge in [-0.05, 0) is 37.0 Å². The minimum absolute atomic E-state index is 0.0705. The molecule has 0 spiro atoms. The van der Waals surface area contributed by atoms with Crippen molar-refractivity contribution in [3.63, 3.8) is 0 Å².